The molecule has 0 aliphatic carbocycles. The number of hydrogen-bond acceptors (Lipinski definition) is 6. The number of cyclic esters (lactones) is 1. The Morgan fingerprint density at radius 2 is 1.89 bits per heavy atom. The minimum absolute atomic E-state index is 0.0129. The molecule has 1 amide bonds. The summed E-state index contributed by atoms with van der Waals surface area (Å²) in [5.41, 5.74) is 3.68. The van der Waals surface area contributed by atoms with Crippen LogP contribution in [0.5, 0.6) is 0 Å². The molecule has 3 aromatic carbocycles. The number of ether oxygens (including phenoxy) is 2. The molecule has 0 bridgehead atoms. The van der Waals surface area contributed by atoms with E-state index in [1.807, 2.05) is 60.7 Å². The van der Waals surface area contributed by atoms with Crippen molar-refractivity contribution < 1.29 is 19.1 Å². The van der Waals surface area contributed by atoms with Crippen molar-refractivity contribution in [3.8, 4) is 0 Å². The number of esters is 1. The van der Waals surface area contributed by atoms with Gasteiger partial charge in [-0.3, -0.25) is 9.69 Å². The summed E-state index contributed by atoms with van der Waals surface area (Å²) in [7, 11) is 0. The highest BCUT2D eigenvalue weighted by Gasteiger charge is 2.31. The van der Waals surface area contributed by atoms with Gasteiger partial charge in [-0.25, -0.2) is 9.78 Å². The van der Waals surface area contributed by atoms with Gasteiger partial charge >= 0.3 is 5.97 Å². The van der Waals surface area contributed by atoms with Gasteiger partial charge in [-0.05, 0) is 54.3 Å². The fourth-order valence-corrected chi connectivity index (χ4v) is 5.73. The van der Waals surface area contributed by atoms with E-state index in [1.54, 1.807) is 17.0 Å². The molecule has 2 atom stereocenters. The number of carbonyl (C=O) groups excluding carboxylic acids is 2. The maximum absolute atomic E-state index is 13.8. The number of anilines is 1. The van der Waals surface area contributed by atoms with E-state index in [-0.39, 0.29) is 24.1 Å². The van der Waals surface area contributed by atoms with Gasteiger partial charge < -0.3 is 9.47 Å². The molecule has 0 radical (unpaired) electrons. The van der Waals surface area contributed by atoms with Crippen LogP contribution in [-0.4, -0.2) is 36.1 Å². The number of nitrogens with zero attached hydrogens (tertiary/aromatic N) is 2. The van der Waals surface area contributed by atoms with Crippen LogP contribution < -0.4 is 4.90 Å². The first-order chi connectivity index (χ1) is 17.2. The van der Waals surface area contributed by atoms with Crippen LogP contribution in [0, 0.1) is 0 Å². The van der Waals surface area contributed by atoms with Crippen LogP contribution in [-0.2, 0) is 15.9 Å². The Bertz CT molecular complexity index is 1360. The smallest absolute Gasteiger partial charge is 0.339 e. The molecule has 176 valence electrons. The summed E-state index contributed by atoms with van der Waals surface area (Å²) in [6, 6.07) is 22.8. The zero-order valence-electron chi connectivity index (χ0n) is 19.1. The summed E-state index contributed by atoms with van der Waals surface area (Å²) in [6.45, 7) is 1.17. The SMILES string of the molecule is O=C1O[C@H](c2ccccc2)Cc2cc(C(=O)N(C[C@@H]3CCCO3)c3nc4ccccc4s3)ccc21. The fourth-order valence-electron chi connectivity index (χ4n) is 4.75. The van der Waals surface area contributed by atoms with Crippen LogP contribution in [0.15, 0.2) is 72.8 Å². The third-order valence-electron chi connectivity index (χ3n) is 6.57. The Balaban J connectivity index is 1.34. The maximum atomic E-state index is 13.8. The normalized spacial score (nSPS) is 19.4. The van der Waals surface area contributed by atoms with Gasteiger partial charge in [0.15, 0.2) is 5.13 Å². The predicted octanol–water partition coefficient (Wildman–Crippen LogP) is 5.58. The summed E-state index contributed by atoms with van der Waals surface area (Å²) in [5, 5.41) is 0.658. The Hall–Kier alpha value is -3.55. The number of carbonyl (C=O) groups is 2. The van der Waals surface area contributed by atoms with Crippen molar-refractivity contribution in [3.05, 3.63) is 95.1 Å². The number of para-hydroxylation sites is 1. The molecule has 0 spiro atoms. The highest BCUT2D eigenvalue weighted by Crippen LogP contribution is 2.33. The molecule has 0 N–H and O–H groups in total. The summed E-state index contributed by atoms with van der Waals surface area (Å²) in [5.74, 6) is -0.501. The zero-order chi connectivity index (χ0) is 23.8. The van der Waals surface area contributed by atoms with E-state index in [2.05, 4.69) is 0 Å². The highest BCUT2D eigenvalue weighted by atomic mass is 32.1. The monoisotopic (exact) mass is 484 g/mol. The Morgan fingerprint density at radius 1 is 1.06 bits per heavy atom. The van der Waals surface area contributed by atoms with E-state index in [1.165, 1.54) is 11.3 Å². The van der Waals surface area contributed by atoms with Gasteiger partial charge in [-0.2, -0.15) is 0 Å². The summed E-state index contributed by atoms with van der Waals surface area (Å²) < 4.78 is 12.6. The molecule has 3 heterocycles. The van der Waals surface area contributed by atoms with E-state index in [9.17, 15) is 9.59 Å². The first-order valence-corrected chi connectivity index (χ1v) is 12.7. The maximum Gasteiger partial charge on any atom is 0.339 e. The van der Waals surface area contributed by atoms with Crippen molar-refractivity contribution in [2.24, 2.45) is 0 Å². The molecule has 0 unspecified atom stereocenters. The minimum atomic E-state index is -0.367. The molecule has 0 saturated carbocycles. The summed E-state index contributed by atoms with van der Waals surface area (Å²) >= 11 is 1.50. The lowest BCUT2D eigenvalue weighted by Gasteiger charge is -2.26. The van der Waals surface area contributed by atoms with Crippen molar-refractivity contribution >= 4 is 38.6 Å². The molecule has 4 aromatic rings. The third-order valence-corrected chi connectivity index (χ3v) is 7.63. The topological polar surface area (TPSA) is 68.7 Å². The number of amides is 1. The van der Waals surface area contributed by atoms with E-state index in [4.69, 9.17) is 14.5 Å². The van der Waals surface area contributed by atoms with Crippen molar-refractivity contribution in [2.45, 2.75) is 31.5 Å². The predicted molar refractivity (Wildman–Crippen MR) is 135 cm³/mol. The Kier molecular flexibility index (Phi) is 5.80. The van der Waals surface area contributed by atoms with Gasteiger partial charge in [0.2, 0.25) is 0 Å². The van der Waals surface area contributed by atoms with E-state index in [0.29, 0.717) is 35.8 Å². The first-order valence-electron chi connectivity index (χ1n) is 11.8. The van der Waals surface area contributed by atoms with Crippen LogP contribution >= 0.6 is 11.3 Å². The molecule has 6 rings (SSSR count). The Labute approximate surface area is 207 Å². The zero-order valence-corrected chi connectivity index (χ0v) is 19.9. The van der Waals surface area contributed by atoms with Crippen LogP contribution in [0.25, 0.3) is 10.2 Å². The molecule has 7 heteroatoms. The molecule has 35 heavy (non-hydrogen) atoms. The van der Waals surface area contributed by atoms with Crippen LogP contribution in [0.1, 0.15) is 50.8 Å². The van der Waals surface area contributed by atoms with Crippen LogP contribution in [0.4, 0.5) is 5.13 Å². The second kappa shape index (κ2) is 9.24. The van der Waals surface area contributed by atoms with Crippen molar-refractivity contribution in [2.75, 3.05) is 18.1 Å². The second-order valence-corrected chi connectivity index (χ2v) is 9.90. The van der Waals surface area contributed by atoms with Gasteiger partial charge in [-0.15, -0.1) is 0 Å². The molecule has 6 nitrogen and oxygen atoms in total. The molecular weight excluding hydrogens is 460 g/mol. The number of aromatic nitrogens is 1. The average molecular weight is 485 g/mol. The highest BCUT2D eigenvalue weighted by molar-refractivity contribution is 7.22. The van der Waals surface area contributed by atoms with Crippen molar-refractivity contribution in [3.63, 3.8) is 0 Å². The quantitative estimate of drug-likeness (QED) is 0.346. The number of thiazole rings is 1. The molecule has 1 saturated heterocycles. The van der Waals surface area contributed by atoms with Crippen molar-refractivity contribution in [1.82, 2.24) is 4.98 Å². The second-order valence-electron chi connectivity index (χ2n) is 8.90. The molecule has 2 aliphatic heterocycles. The number of benzene rings is 3. The average Bonchev–Trinajstić information content (AvgIpc) is 3.57. The van der Waals surface area contributed by atoms with Gasteiger partial charge in [0, 0.05) is 18.6 Å². The number of fused-ring (bicyclic) bond motifs is 2. The largest absolute Gasteiger partial charge is 0.454 e. The summed E-state index contributed by atoms with van der Waals surface area (Å²) in [6.07, 6.45) is 2.06. The van der Waals surface area contributed by atoms with E-state index in [0.717, 1.165) is 34.2 Å². The Morgan fingerprint density at radius 3 is 2.69 bits per heavy atom. The fraction of sp³-hybridized carbons (Fsp3) is 0.250. The van der Waals surface area contributed by atoms with Gasteiger partial charge in [0.25, 0.3) is 5.91 Å². The van der Waals surface area contributed by atoms with E-state index < -0.39 is 0 Å². The van der Waals surface area contributed by atoms with Crippen molar-refractivity contribution in [1.29, 1.82) is 0 Å². The lowest BCUT2D eigenvalue weighted by molar-refractivity contribution is 0.0252. The van der Waals surface area contributed by atoms with Crippen LogP contribution in [0.2, 0.25) is 0 Å². The minimum Gasteiger partial charge on any atom is -0.454 e. The molecular formula is C28H24N2O4S. The lowest BCUT2D eigenvalue weighted by Crippen LogP contribution is -2.37. The van der Waals surface area contributed by atoms with E-state index >= 15 is 0 Å². The number of hydrogen-bond donors (Lipinski definition) is 0. The van der Waals surface area contributed by atoms with Crippen LogP contribution in [0.3, 0.4) is 0 Å². The lowest BCUT2D eigenvalue weighted by atomic mass is 9.93. The van der Waals surface area contributed by atoms with Gasteiger partial charge in [0.05, 0.1) is 28.4 Å². The first kappa shape index (κ1) is 21.9. The molecule has 1 aromatic heterocycles. The van der Waals surface area contributed by atoms with Gasteiger partial charge in [-0.1, -0.05) is 53.8 Å². The number of rotatable bonds is 5. The standard InChI is InChI=1S/C28H24N2O4S/c31-26(30(17-21-9-6-14-33-21)28-29-23-10-4-5-11-25(23)35-28)19-12-13-22-20(15-19)16-24(34-27(22)32)18-7-2-1-3-8-18/h1-5,7-8,10-13,15,21,24H,6,9,14,16-17H2/t21-,24-/m0/s1. The molecule has 1 fully saturated rings. The summed E-state index contributed by atoms with van der Waals surface area (Å²) in [4.78, 5) is 33.0. The van der Waals surface area contributed by atoms with Gasteiger partial charge in [0.1, 0.15) is 6.10 Å². The third kappa shape index (κ3) is 4.33. The molecule has 2 aliphatic rings.